The summed E-state index contributed by atoms with van der Waals surface area (Å²) < 4.78 is 11.0. The monoisotopic (exact) mass is 562 g/mol. The fraction of sp³-hybridized carbons (Fsp3) is 0.375. The molecule has 2 aliphatic heterocycles. The molecule has 1 fully saturated rings. The highest BCUT2D eigenvalue weighted by Gasteiger charge is 2.48. The maximum absolute atomic E-state index is 13.1. The van der Waals surface area contributed by atoms with Gasteiger partial charge in [0.15, 0.2) is 11.5 Å². The Balaban J connectivity index is 1.29. The van der Waals surface area contributed by atoms with E-state index < -0.39 is 17.9 Å². The first-order valence-electron chi connectivity index (χ1n) is 13.9. The molecule has 0 spiro atoms. The Morgan fingerprint density at radius 3 is 2.50 bits per heavy atom. The van der Waals surface area contributed by atoms with Crippen molar-refractivity contribution >= 4 is 23.5 Å². The number of ether oxygens (including phenoxy) is 2. The van der Waals surface area contributed by atoms with Crippen LogP contribution in [0.1, 0.15) is 54.0 Å². The van der Waals surface area contributed by atoms with Gasteiger partial charge in [-0.05, 0) is 72.2 Å². The van der Waals surface area contributed by atoms with Crippen molar-refractivity contribution in [3.05, 3.63) is 94.0 Å². The molecule has 2 N–H and O–H groups in total. The van der Waals surface area contributed by atoms with Crippen molar-refractivity contribution in [2.45, 2.75) is 44.6 Å². The number of benzene rings is 3. The van der Waals surface area contributed by atoms with Crippen LogP contribution in [0.3, 0.4) is 0 Å². The summed E-state index contributed by atoms with van der Waals surface area (Å²) in [7, 11) is 0. The van der Waals surface area contributed by atoms with E-state index in [9.17, 15) is 14.7 Å². The predicted octanol–water partition coefficient (Wildman–Crippen LogP) is 5.61. The van der Waals surface area contributed by atoms with E-state index in [-0.39, 0.29) is 25.2 Å². The van der Waals surface area contributed by atoms with Gasteiger partial charge in [-0.3, -0.25) is 14.5 Å². The molecule has 1 amide bonds. The number of carbonyl (C=O) groups is 2. The van der Waals surface area contributed by atoms with Crippen molar-refractivity contribution in [3.63, 3.8) is 0 Å². The van der Waals surface area contributed by atoms with E-state index >= 15 is 0 Å². The van der Waals surface area contributed by atoms with E-state index in [4.69, 9.17) is 21.1 Å². The Hall–Kier alpha value is -3.55. The van der Waals surface area contributed by atoms with Crippen LogP contribution in [0, 0.1) is 5.92 Å². The SMILES string of the molecule is CCc1ccc([C@@H]2[C@@H](C(=O)O)[C@@H](c3ccc4c(c3)OCO4)CN2CC(=O)NCCCCc2cccc(Cl)c2)cc1. The molecule has 0 aliphatic carbocycles. The molecule has 210 valence electrons. The maximum Gasteiger partial charge on any atom is 0.309 e. The van der Waals surface area contributed by atoms with Gasteiger partial charge in [0.1, 0.15) is 0 Å². The van der Waals surface area contributed by atoms with Crippen molar-refractivity contribution in [3.8, 4) is 11.5 Å². The number of aryl methyl sites for hydroxylation is 2. The second kappa shape index (κ2) is 12.7. The summed E-state index contributed by atoms with van der Waals surface area (Å²) in [6.45, 7) is 3.38. The van der Waals surface area contributed by atoms with Crippen molar-refractivity contribution in [2.24, 2.45) is 5.92 Å². The lowest BCUT2D eigenvalue weighted by Crippen LogP contribution is -2.38. The Morgan fingerprint density at radius 2 is 1.75 bits per heavy atom. The average molecular weight is 563 g/mol. The molecule has 0 aromatic heterocycles. The van der Waals surface area contributed by atoms with Crippen LogP contribution in [-0.4, -0.2) is 48.3 Å². The first-order valence-corrected chi connectivity index (χ1v) is 14.3. The van der Waals surface area contributed by atoms with Crippen LogP contribution in [0.2, 0.25) is 5.02 Å². The zero-order valence-electron chi connectivity index (χ0n) is 22.6. The minimum Gasteiger partial charge on any atom is -0.481 e. The minimum absolute atomic E-state index is 0.103. The molecular formula is C32H35ClN2O5. The van der Waals surface area contributed by atoms with Crippen LogP contribution in [0.4, 0.5) is 0 Å². The van der Waals surface area contributed by atoms with Gasteiger partial charge in [0.05, 0.1) is 12.5 Å². The lowest BCUT2D eigenvalue weighted by Gasteiger charge is -2.27. The zero-order chi connectivity index (χ0) is 28.1. The van der Waals surface area contributed by atoms with Crippen molar-refractivity contribution in [1.82, 2.24) is 10.2 Å². The van der Waals surface area contributed by atoms with E-state index in [0.717, 1.165) is 41.8 Å². The Bertz CT molecular complexity index is 1350. The standard InChI is InChI=1S/C32H35ClN2O5/c1-2-21-9-11-23(12-10-21)31-30(32(37)38)26(24-13-14-27-28(17-24)40-20-39-27)18-35(31)19-29(36)34-15-4-3-6-22-7-5-8-25(33)16-22/h5,7-14,16-17,26,30-31H,2-4,6,15,18-20H2,1H3,(H,34,36)(H,37,38)/t26-,30+,31-/m1/s1. The Kier molecular flexibility index (Phi) is 8.92. The van der Waals surface area contributed by atoms with Gasteiger partial charge in [0.2, 0.25) is 12.7 Å². The van der Waals surface area contributed by atoms with Crippen LogP contribution in [0.25, 0.3) is 0 Å². The zero-order valence-corrected chi connectivity index (χ0v) is 23.4. The first kappa shape index (κ1) is 28.0. The molecule has 0 radical (unpaired) electrons. The Morgan fingerprint density at radius 1 is 0.975 bits per heavy atom. The molecule has 0 saturated carbocycles. The summed E-state index contributed by atoms with van der Waals surface area (Å²) in [5.41, 5.74) is 4.14. The van der Waals surface area contributed by atoms with E-state index in [0.29, 0.717) is 24.6 Å². The second-order valence-corrected chi connectivity index (χ2v) is 10.9. The second-order valence-electron chi connectivity index (χ2n) is 10.5. The number of aliphatic carboxylic acids is 1. The van der Waals surface area contributed by atoms with Crippen LogP contribution in [-0.2, 0) is 22.4 Å². The fourth-order valence-corrected chi connectivity index (χ4v) is 6.05. The molecule has 3 aromatic rings. The van der Waals surface area contributed by atoms with Gasteiger partial charge in [-0.2, -0.15) is 0 Å². The molecule has 2 heterocycles. The summed E-state index contributed by atoms with van der Waals surface area (Å²) in [6.07, 6.45) is 3.58. The number of nitrogens with one attached hydrogen (secondary N) is 1. The number of carboxylic acid groups (broad SMARTS) is 1. The number of carboxylic acids is 1. The number of fused-ring (bicyclic) bond motifs is 1. The third-order valence-corrected chi connectivity index (χ3v) is 8.12. The van der Waals surface area contributed by atoms with E-state index in [1.807, 2.05) is 65.6 Å². The molecule has 0 unspecified atom stereocenters. The van der Waals surface area contributed by atoms with Gasteiger partial charge < -0.3 is 19.9 Å². The van der Waals surface area contributed by atoms with Gasteiger partial charge >= 0.3 is 5.97 Å². The van der Waals surface area contributed by atoms with E-state index in [2.05, 4.69) is 18.3 Å². The van der Waals surface area contributed by atoms with Gasteiger partial charge in [-0.1, -0.05) is 61.0 Å². The summed E-state index contributed by atoms with van der Waals surface area (Å²) in [5, 5.41) is 14.2. The summed E-state index contributed by atoms with van der Waals surface area (Å²) in [6, 6.07) is 21.1. The number of nitrogens with zero attached hydrogens (tertiary/aromatic N) is 1. The summed E-state index contributed by atoms with van der Waals surface area (Å²) in [5.74, 6) is -0.734. The van der Waals surface area contributed by atoms with Crippen molar-refractivity contribution in [2.75, 3.05) is 26.4 Å². The molecular weight excluding hydrogens is 528 g/mol. The molecule has 5 rings (SSSR count). The molecule has 7 nitrogen and oxygen atoms in total. The maximum atomic E-state index is 13.1. The summed E-state index contributed by atoms with van der Waals surface area (Å²) >= 11 is 6.07. The lowest BCUT2D eigenvalue weighted by molar-refractivity contribution is -0.143. The molecule has 2 aliphatic rings. The third kappa shape index (κ3) is 6.43. The number of carbonyl (C=O) groups excluding carboxylic acids is 1. The predicted molar refractivity (Wildman–Crippen MR) is 154 cm³/mol. The molecule has 8 heteroatoms. The van der Waals surface area contributed by atoms with Crippen LogP contribution >= 0.6 is 11.6 Å². The normalized spacial score (nSPS) is 20.0. The van der Waals surface area contributed by atoms with Gasteiger partial charge in [0, 0.05) is 30.1 Å². The van der Waals surface area contributed by atoms with Crippen LogP contribution in [0.15, 0.2) is 66.7 Å². The van der Waals surface area contributed by atoms with Crippen LogP contribution < -0.4 is 14.8 Å². The van der Waals surface area contributed by atoms with Gasteiger partial charge in [-0.25, -0.2) is 0 Å². The number of rotatable bonds is 11. The van der Waals surface area contributed by atoms with Crippen molar-refractivity contribution < 1.29 is 24.2 Å². The topological polar surface area (TPSA) is 88.1 Å². The minimum atomic E-state index is -0.879. The number of hydrogen-bond acceptors (Lipinski definition) is 5. The first-order chi connectivity index (χ1) is 19.4. The average Bonchev–Trinajstić information content (AvgIpc) is 3.57. The number of unbranched alkanes of at least 4 members (excludes halogenated alkanes) is 1. The quantitative estimate of drug-likeness (QED) is 0.295. The summed E-state index contributed by atoms with van der Waals surface area (Å²) in [4.78, 5) is 27.8. The molecule has 3 aromatic carbocycles. The highest BCUT2D eigenvalue weighted by atomic mass is 35.5. The van der Waals surface area contributed by atoms with Gasteiger partial charge in [-0.15, -0.1) is 0 Å². The third-order valence-electron chi connectivity index (χ3n) is 7.89. The highest BCUT2D eigenvalue weighted by Crippen LogP contribution is 2.47. The number of amides is 1. The largest absolute Gasteiger partial charge is 0.481 e. The smallest absolute Gasteiger partial charge is 0.309 e. The molecule has 0 bridgehead atoms. The fourth-order valence-electron chi connectivity index (χ4n) is 5.84. The lowest BCUT2D eigenvalue weighted by atomic mass is 9.82. The van der Waals surface area contributed by atoms with E-state index in [1.165, 1.54) is 11.1 Å². The molecule has 40 heavy (non-hydrogen) atoms. The van der Waals surface area contributed by atoms with Gasteiger partial charge in [0.25, 0.3) is 0 Å². The van der Waals surface area contributed by atoms with E-state index in [1.54, 1.807) is 0 Å². The number of likely N-dealkylation sites (tertiary alicyclic amines) is 1. The highest BCUT2D eigenvalue weighted by molar-refractivity contribution is 6.30. The number of hydrogen-bond donors (Lipinski definition) is 2. The Labute approximate surface area is 240 Å². The van der Waals surface area contributed by atoms with Crippen LogP contribution in [0.5, 0.6) is 11.5 Å². The number of halogens is 1. The molecule has 1 saturated heterocycles. The van der Waals surface area contributed by atoms with Crippen molar-refractivity contribution in [1.29, 1.82) is 0 Å². The molecule has 3 atom stereocenters.